The van der Waals surface area contributed by atoms with Crippen LogP contribution in [0.4, 0.5) is 0 Å². The Morgan fingerprint density at radius 2 is 1.52 bits per heavy atom. The van der Waals surface area contributed by atoms with Crippen molar-refractivity contribution in [1.82, 2.24) is 0 Å². The van der Waals surface area contributed by atoms with E-state index in [9.17, 15) is 0 Å². The number of halogens is 3. The van der Waals surface area contributed by atoms with E-state index in [1.165, 1.54) is 11.1 Å². The summed E-state index contributed by atoms with van der Waals surface area (Å²) in [6.07, 6.45) is 2.67. The minimum Gasteiger partial charge on any atom is -0.103 e. The summed E-state index contributed by atoms with van der Waals surface area (Å²) in [6.45, 7) is 21.0. The number of allylic oxidation sites excluding steroid dienone is 2. The van der Waals surface area contributed by atoms with E-state index in [0.717, 1.165) is 22.6 Å². The highest BCUT2D eigenvalue weighted by molar-refractivity contribution is 6.48. The van der Waals surface area contributed by atoms with Gasteiger partial charge in [0.1, 0.15) is 4.33 Å². The fraction of sp³-hybridized carbons (Fsp3) is 0.385. The van der Waals surface area contributed by atoms with Gasteiger partial charge in [0, 0.05) is 5.02 Å². The van der Waals surface area contributed by atoms with Gasteiger partial charge in [-0.3, -0.25) is 0 Å². The van der Waals surface area contributed by atoms with Crippen LogP contribution in [0.25, 0.3) is 5.57 Å². The van der Waals surface area contributed by atoms with Crippen LogP contribution >= 0.6 is 34.8 Å². The van der Waals surface area contributed by atoms with Gasteiger partial charge in [-0.25, -0.2) is 0 Å². The molecule has 1 atom stereocenters. The van der Waals surface area contributed by atoms with Crippen LogP contribution in [0.3, 0.4) is 0 Å². The minimum atomic E-state index is -0.648. The van der Waals surface area contributed by atoms with E-state index in [4.69, 9.17) is 34.8 Å². The van der Waals surface area contributed by atoms with E-state index in [2.05, 4.69) is 51.3 Å². The second-order valence-electron chi connectivity index (χ2n) is 6.72. The predicted molar refractivity (Wildman–Crippen MR) is 138 cm³/mol. The highest BCUT2D eigenvalue weighted by Gasteiger charge is 2.25. The first-order chi connectivity index (χ1) is 13.5. The first kappa shape index (κ1) is 30.0. The standard InChI is InChI=1S/C12H16Cl2.C9H9Cl.C3H6.C2H6/c1-9-4-6-11(7-5-9)8-10(2)12(3,13)14;1-7(2)8-5-3-4-6-9(8)10;1-3-2;1-2/h4-7,10H,8H2,1-3H3;3-6H,1H2,2H3;3H,1H2,2H3;1-2H3. The summed E-state index contributed by atoms with van der Waals surface area (Å²) in [4.78, 5) is 0. The molecule has 162 valence electrons. The van der Waals surface area contributed by atoms with Crippen molar-refractivity contribution >= 4 is 40.4 Å². The quantitative estimate of drug-likeness (QED) is 0.317. The molecule has 0 saturated heterocycles. The highest BCUT2D eigenvalue weighted by Crippen LogP contribution is 2.31. The molecule has 0 radical (unpaired) electrons. The lowest BCUT2D eigenvalue weighted by Gasteiger charge is -2.22. The summed E-state index contributed by atoms with van der Waals surface area (Å²) < 4.78 is -0.648. The van der Waals surface area contributed by atoms with Crippen molar-refractivity contribution in [2.24, 2.45) is 5.92 Å². The monoisotopic (exact) mass is 454 g/mol. The Labute approximate surface area is 194 Å². The van der Waals surface area contributed by atoms with Crippen LogP contribution < -0.4 is 0 Å². The molecule has 0 fully saturated rings. The lowest BCUT2D eigenvalue weighted by Crippen LogP contribution is -2.20. The third-order valence-corrected chi connectivity index (χ3v) is 4.94. The second-order valence-corrected chi connectivity index (χ2v) is 8.89. The molecular weight excluding hydrogens is 419 g/mol. The normalized spacial score (nSPS) is 10.7. The van der Waals surface area contributed by atoms with Crippen LogP contribution in [0.1, 0.15) is 58.2 Å². The molecule has 2 aromatic carbocycles. The number of rotatable bonds is 4. The average molecular weight is 456 g/mol. The summed E-state index contributed by atoms with van der Waals surface area (Å²) in [5.74, 6) is 0.258. The molecule has 2 rings (SSSR count). The molecule has 0 N–H and O–H groups in total. The highest BCUT2D eigenvalue weighted by atomic mass is 35.5. The van der Waals surface area contributed by atoms with Gasteiger partial charge in [-0.1, -0.05) is 93.1 Å². The van der Waals surface area contributed by atoms with E-state index >= 15 is 0 Å². The molecular formula is C26H37Cl3. The van der Waals surface area contributed by atoms with Gasteiger partial charge in [0.25, 0.3) is 0 Å². The molecule has 2 aromatic rings. The van der Waals surface area contributed by atoms with E-state index in [0.29, 0.717) is 0 Å². The van der Waals surface area contributed by atoms with Crippen LogP contribution in [-0.2, 0) is 6.42 Å². The number of alkyl halides is 2. The van der Waals surface area contributed by atoms with Crippen LogP contribution in [0.15, 0.2) is 67.8 Å². The van der Waals surface area contributed by atoms with Gasteiger partial charge in [0.2, 0.25) is 0 Å². The van der Waals surface area contributed by atoms with Gasteiger partial charge in [0.05, 0.1) is 0 Å². The van der Waals surface area contributed by atoms with Crippen LogP contribution in [0, 0.1) is 12.8 Å². The molecule has 0 aliphatic carbocycles. The zero-order chi connectivity index (χ0) is 23.0. The lowest BCUT2D eigenvalue weighted by atomic mass is 9.97. The fourth-order valence-corrected chi connectivity index (χ4v) is 2.52. The van der Waals surface area contributed by atoms with Crippen LogP contribution in [0.5, 0.6) is 0 Å². The summed E-state index contributed by atoms with van der Waals surface area (Å²) in [5.41, 5.74) is 4.60. The predicted octanol–water partition coefficient (Wildman–Crippen LogP) is 9.96. The maximum Gasteiger partial charge on any atom is 0.118 e. The first-order valence-corrected chi connectivity index (χ1v) is 11.1. The first-order valence-electron chi connectivity index (χ1n) is 9.93. The molecule has 0 nitrogen and oxygen atoms in total. The van der Waals surface area contributed by atoms with E-state index < -0.39 is 4.33 Å². The fourth-order valence-electron chi connectivity index (χ4n) is 2.06. The summed E-state index contributed by atoms with van der Waals surface area (Å²) >= 11 is 17.9. The molecule has 0 saturated carbocycles. The number of benzene rings is 2. The topological polar surface area (TPSA) is 0 Å². The molecule has 0 bridgehead atoms. The maximum atomic E-state index is 6.03. The number of aryl methyl sites for hydroxylation is 1. The van der Waals surface area contributed by atoms with Gasteiger partial charge in [-0.2, -0.15) is 0 Å². The van der Waals surface area contributed by atoms with Crippen molar-refractivity contribution in [1.29, 1.82) is 0 Å². The Balaban J connectivity index is 0. The summed E-state index contributed by atoms with van der Waals surface area (Å²) in [5, 5.41) is 0.773. The summed E-state index contributed by atoms with van der Waals surface area (Å²) in [6, 6.07) is 16.2. The number of hydrogen-bond donors (Lipinski definition) is 0. The second kappa shape index (κ2) is 16.6. The van der Waals surface area contributed by atoms with E-state index in [1.54, 1.807) is 6.08 Å². The van der Waals surface area contributed by atoms with Gasteiger partial charge < -0.3 is 0 Å². The molecule has 3 heteroatoms. The molecule has 1 unspecified atom stereocenters. The molecule has 0 spiro atoms. The molecule has 0 heterocycles. The van der Waals surface area contributed by atoms with Gasteiger partial charge in [-0.15, -0.1) is 29.8 Å². The summed E-state index contributed by atoms with van der Waals surface area (Å²) in [7, 11) is 0. The Morgan fingerprint density at radius 1 is 1.07 bits per heavy atom. The molecule has 0 aliphatic rings. The zero-order valence-corrected chi connectivity index (χ0v) is 21.3. The van der Waals surface area contributed by atoms with E-state index in [1.807, 2.05) is 58.9 Å². The lowest BCUT2D eigenvalue weighted by molar-refractivity contribution is 0.528. The maximum absolute atomic E-state index is 6.03. The van der Waals surface area contributed by atoms with E-state index in [-0.39, 0.29) is 5.92 Å². The van der Waals surface area contributed by atoms with Crippen LogP contribution in [0.2, 0.25) is 5.02 Å². The van der Waals surface area contributed by atoms with Crippen molar-refractivity contribution in [3.63, 3.8) is 0 Å². The van der Waals surface area contributed by atoms with Crippen molar-refractivity contribution in [2.45, 2.75) is 59.2 Å². The minimum absolute atomic E-state index is 0.258. The van der Waals surface area contributed by atoms with Crippen LogP contribution in [-0.4, -0.2) is 4.33 Å². The SMILES string of the molecule is C=C(C)c1ccccc1Cl.C=CC.CC.Cc1ccc(CC(C)C(C)(Cl)Cl)cc1. The van der Waals surface area contributed by atoms with Gasteiger partial charge in [0.15, 0.2) is 0 Å². The molecule has 29 heavy (non-hydrogen) atoms. The van der Waals surface area contributed by atoms with Crippen molar-refractivity contribution in [2.75, 3.05) is 0 Å². The Hall–Kier alpha value is -1.21. The Bertz CT molecular complexity index is 695. The average Bonchev–Trinajstić information content (AvgIpc) is 2.66. The smallest absolute Gasteiger partial charge is 0.103 e. The van der Waals surface area contributed by atoms with Crippen molar-refractivity contribution < 1.29 is 0 Å². The molecule has 0 aromatic heterocycles. The van der Waals surface area contributed by atoms with Gasteiger partial charge in [-0.05, 0) is 62.8 Å². The van der Waals surface area contributed by atoms with Crippen molar-refractivity contribution in [3.8, 4) is 0 Å². The van der Waals surface area contributed by atoms with Crippen molar-refractivity contribution in [3.05, 3.63) is 89.5 Å². The number of hydrogen-bond acceptors (Lipinski definition) is 0. The Kier molecular flexibility index (Phi) is 17.1. The Morgan fingerprint density at radius 3 is 1.86 bits per heavy atom. The molecule has 0 amide bonds. The third kappa shape index (κ3) is 14.4. The third-order valence-electron chi connectivity index (χ3n) is 3.86. The molecule has 0 aliphatic heterocycles. The van der Waals surface area contributed by atoms with Gasteiger partial charge >= 0.3 is 0 Å². The largest absolute Gasteiger partial charge is 0.118 e. The zero-order valence-electron chi connectivity index (χ0n) is 19.0.